The van der Waals surface area contributed by atoms with Crippen molar-refractivity contribution in [3.8, 4) is 6.07 Å². The number of piperidine rings is 1. The van der Waals surface area contributed by atoms with Crippen molar-refractivity contribution >= 4 is 28.6 Å². The van der Waals surface area contributed by atoms with E-state index in [9.17, 15) is 19.6 Å². The van der Waals surface area contributed by atoms with Crippen LogP contribution in [0.15, 0.2) is 30.3 Å². The zero-order valence-corrected chi connectivity index (χ0v) is 17.4. The number of aromatic nitrogens is 1. The van der Waals surface area contributed by atoms with Crippen LogP contribution in [0.4, 0.5) is 0 Å². The maximum atomic E-state index is 12.9. The highest BCUT2D eigenvalue weighted by atomic mass is 16.2. The molecule has 3 amide bonds. The van der Waals surface area contributed by atoms with E-state index >= 15 is 0 Å². The smallest absolute Gasteiger partial charge is 0.268 e. The molecule has 2 aromatic rings. The zero-order chi connectivity index (χ0) is 21.8. The van der Waals surface area contributed by atoms with Gasteiger partial charge in [0.25, 0.3) is 5.91 Å². The van der Waals surface area contributed by atoms with E-state index in [0.29, 0.717) is 31.0 Å². The number of aromatic amines is 1. The Morgan fingerprint density at radius 3 is 2.74 bits per heavy atom. The summed E-state index contributed by atoms with van der Waals surface area (Å²) < 4.78 is 0. The van der Waals surface area contributed by atoms with Gasteiger partial charge in [0.1, 0.15) is 17.8 Å². The molecule has 8 heteroatoms. The van der Waals surface area contributed by atoms with Crippen molar-refractivity contribution in [2.24, 2.45) is 5.92 Å². The van der Waals surface area contributed by atoms with Gasteiger partial charge in [0.05, 0.1) is 12.6 Å². The molecule has 3 N–H and O–H groups in total. The lowest BCUT2D eigenvalue weighted by molar-refractivity contribution is -0.134. The number of likely N-dealkylation sites (tertiary alicyclic amines) is 1. The lowest BCUT2D eigenvalue weighted by atomic mass is 10.1. The van der Waals surface area contributed by atoms with Gasteiger partial charge >= 0.3 is 0 Å². The molecule has 1 aromatic heterocycles. The first-order valence-electron chi connectivity index (χ1n) is 10.9. The number of carbonyl (C=O) groups excluding carboxylic acids is 3. The number of carbonyl (C=O) groups is 3. The van der Waals surface area contributed by atoms with E-state index in [1.165, 1.54) is 0 Å². The number of nitrogens with one attached hydrogen (secondary N) is 3. The number of para-hydroxylation sites is 1. The summed E-state index contributed by atoms with van der Waals surface area (Å²) in [5.41, 5.74) is 1.25. The van der Waals surface area contributed by atoms with Crippen LogP contribution in [-0.4, -0.2) is 52.8 Å². The van der Waals surface area contributed by atoms with Gasteiger partial charge in [-0.2, -0.15) is 5.26 Å². The average molecular weight is 422 g/mol. The first kappa shape index (κ1) is 20.9. The lowest BCUT2D eigenvalue weighted by Crippen LogP contribution is -2.53. The SMILES string of the molecule is N#CC(CN1CCCCC1=O)NC(=O)C(CC1CC1)NC(=O)c1cc2ccccc2[nH]1. The number of rotatable bonds is 8. The molecule has 8 nitrogen and oxygen atoms in total. The molecule has 1 aliphatic heterocycles. The second-order valence-electron chi connectivity index (χ2n) is 8.46. The topological polar surface area (TPSA) is 118 Å². The fourth-order valence-electron chi connectivity index (χ4n) is 4.02. The standard InChI is InChI=1S/C23H27N5O3/c24-13-17(14-28-10-4-3-7-21(28)29)25-22(30)19(11-15-8-9-15)27-23(31)20-12-16-5-1-2-6-18(16)26-20/h1-2,5-6,12,15,17,19,26H,3-4,7-11,14H2,(H,25,30)(H,27,31). The third kappa shape index (κ3) is 5.23. The van der Waals surface area contributed by atoms with Crippen LogP contribution in [-0.2, 0) is 9.59 Å². The van der Waals surface area contributed by atoms with Crippen LogP contribution in [0.3, 0.4) is 0 Å². The number of hydrogen-bond donors (Lipinski definition) is 3. The maximum absolute atomic E-state index is 12.9. The molecule has 1 saturated carbocycles. The quantitative estimate of drug-likeness (QED) is 0.605. The summed E-state index contributed by atoms with van der Waals surface area (Å²) in [4.78, 5) is 42.5. The van der Waals surface area contributed by atoms with Gasteiger partial charge in [-0.05, 0) is 37.3 Å². The highest BCUT2D eigenvalue weighted by Gasteiger charge is 2.32. The minimum atomic E-state index is -0.804. The van der Waals surface area contributed by atoms with Crippen molar-refractivity contribution < 1.29 is 14.4 Å². The predicted molar refractivity (Wildman–Crippen MR) is 115 cm³/mol. The average Bonchev–Trinajstić information content (AvgIpc) is 3.48. The largest absolute Gasteiger partial charge is 0.351 e. The summed E-state index contributed by atoms with van der Waals surface area (Å²) in [5, 5.41) is 16.0. The molecule has 1 aromatic carbocycles. The van der Waals surface area contributed by atoms with Gasteiger partial charge in [0, 0.05) is 23.9 Å². The van der Waals surface area contributed by atoms with Gasteiger partial charge < -0.3 is 20.5 Å². The third-order valence-corrected chi connectivity index (χ3v) is 5.96. The minimum Gasteiger partial charge on any atom is -0.351 e. The van der Waals surface area contributed by atoms with Gasteiger partial charge in [-0.15, -0.1) is 0 Å². The third-order valence-electron chi connectivity index (χ3n) is 5.96. The second kappa shape index (κ2) is 9.21. The first-order valence-corrected chi connectivity index (χ1v) is 10.9. The summed E-state index contributed by atoms with van der Waals surface area (Å²) in [6.45, 7) is 0.780. The summed E-state index contributed by atoms with van der Waals surface area (Å²) in [5.74, 6) is -0.311. The Morgan fingerprint density at radius 1 is 1.23 bits per heavy atom. The number of amides is 3. The van der Waals surface area contributed by atoms with Gasteiger partial charge in [-0.1, -0.05) is 31.0 Å². The van der Waals surface area contributed by atoms with Crippen molar-refractivity contribution in [3.63, 3.8) is 0 Å². The van der Waals surface area contributed by atoms with Crippen molar-refractivity contribution in [2.45, 2.75) is 50.6 Å². The molecule has 2 unspecified atom stereocenters. The number of H-pyrrole nitrogens is 1. The van der Waals surface area contributed by atoms with E-state index in [-0.39, 0.29) is 24.3 Å². The molecule has 4 rings (SSSR count). The molecule has 0 bridgehead atoms. The summed E-state index contributed by atoms with van der Waals surface area (Å²) in [6, 6.07) is 9.91. The fraction of sp³-hybridized carbons (Fsp3) is 0.478. The molecule has 2 heterocycles. The minimum absolute atomic E-state index is 0.0161. The Labute approximate surface area is 181 Å². The van der Waals surface area contributed by atoms with Crippen molar-refractivity contribution in [2.75, 3.05) is 13.1 Å². The summed E-state index contributed by atoms with van der Waals surface area (Å²) in [7, 11) is 0. The van der Waals surface area contributed by atoms with Crippen molar-refractivity contribution in [1.82, 2.24) is 20.5 Å². The van der Waals surface area contributed by atoms with Crippen LogP contribution in [0.25, 0.3) is 10.9 Å². The van der Waals surface area contributed by atoms with Crippen LogP contribution in [0.1, 0.15) is 49.0 Å². The molecule has 31 heavy (non-hydrogen) atoms. The molecule has 0 radical (unpaired) electrons. The van der Waals surface area contributed by atoms with E-state index in [1.54, 1.807) is 11.0 Å². The molecule has 2 atom stereocenters. The lowest BCUT2D eigenvalue weighted by Gasteiger charge is -2.29. The van der Waals surface area contributed by atoms with Gasteiger partial charge in [0.15, 0.2) is 0 Å². The Bertz CT molecular complexity index is 987. The number of nitriles is 1. The van der Waals surface area contributed by atoms with E-state index in [2.05, 4.69) is 21.7 Å². The Balaban J connectivity index is 1.41. The molecular formula is C23H27N5O3. The monoisotopic (exact) mass is 421 g/mol. The van der Waals surface area contributed by atoms with Crippen molar-refractivity contribution in [1.29, 1.82) is 5.26 Å². The Morgan fingerprint density at radius 2 is 2.03 bits per heavy atom. The number of nitrogens with zero attached hydrogens (tertiary/aromatic N) is 2. The molecule has 1 saturated heterocycles. The molecule has 0 spiro atoms. The molecule has 2 fully saturated rings. The number of fused-ring (bicyclic) bond motifs is 1. The van der Waals surface area contributed by atoms with Gasteiger partial charge in [-0.3, -0.25) is 14.4 Å². The number of benzene rings is 1. The van der Waals surface area contributed by atoms with E-state index in [4.69, 9.17) is 0 Å². The highest BCUT2D eigenvalue weighted by Crippen LogP contribution is 2.33. The highest BCUT2D eigenvalue weighted by molar-refractivity contribution is 6.00. The van der Waals surface area contributed by atoms with Gasteiger partial charge in [0.2, 0.25) is 11.8 Å². The molecule has 2 aliphatic rings. The molecular weight excluding hydrogens is 394 g/mol. The molecule has 162 valence electrons. The van der Waals surface area contributed by atoms with Crippen LogP contribution >= 0.6 is 0 Å². The van der Waals surface area contributed by atoms with Gasteiger partial charge in [-0.25, -0.2) is 0 Å². The second-order valence-corrected chi connectivity index (χ2v) is 8.46. The van der Waals surface area contributed by atoms with Crippen LogP contribution in [0, 0.1) is 17.2 Å². The fourth-order valence-corrected chi connectivity index (χ4v) is 4.02. The summed E-state index contributed by atoms with van der Waals surface area (Å²) in [6.07, 6.45) is 4.87. The van der Waals surface area contributed by atoms with Crippen LogP contribution in [0.5, 0.6) is 0 Å². The number of hydrogen-bond acceptors (Lipinski definition) is 4. The van der Waals surface area contributed by atoms with Crippen LogP contribution < -0.4 is 10.6 Å². The normalized spacial score (nSPS) is 18.3. The first-order chi connectivity index (χ1) is 15.0. The van der Waals surface area contributed by atoms with E-state index in [0.717, 1.165) is 36.6 Å². The summed E-state index contributed by atoms with van der Waals surface area (Å²) >= 11 is 0. The van der Waals surface area contributed by atoms with E-state index < -0.39 is 12.1 Å². The zero-order valence-electron chi connectivity index (χ0n) is 17.4. The Hall–Kier alpha value is -3.34. The van der Waals surface area contributed by atoms with Crippen molar-refractivity contribution in [3.05, 3.63) is 36.0 Å². The van der Waals surface area contributed by atoms with Crippen LogP contribution in [0.2, 0.25) is 0 Å². The van der Waals surface area contributed by atoms with E-state index in [1.807, 2.05) is 24.3 Å². The molecule has 1 aliphatic carbocycles. The predicted octanol–water partition coefficient (Wildman–Crippen LogP) is 2.09. The maximum Gasteiger partial charge on any atom is 0.268 e. The Kier molecular flexibility index (Phi) is 6.21.